The fourth-order valence-electron chi connectivity index (χ4n) is 4.49. The standard InChI is InChI=1S/C27H37N3O3S/c1-18-6-9-23(19(2)14-18)33-17-22-21-11-13-34-24(21)10-12-30(22)25(31)16-29(15-20-7-8-20)26(32)28-27(3,4)5/h6,9,11,13-14,20,22H,7-8,10,12,15-17H2,1-5H3,(H,28,32)/t22-/m1/s1. The number of hydrogen-bond acceptors (Lipinski definition) is 4. The molecular weight excluding hydrogens is 446 g/mol. The summed E-state index contributed by atoms with van der Waals surface area (Å²) in [6.45, 7) is 11.8. The molecular formula is C27H37N3O3S. The number of rotatable bonds is 7. The molecule has 7 heteroatoms. The number of hydrogen-bond donors (Lipinski definition) is 1. The molecule has 4 rings (SSSR count). The van der Waals surface area contributed by atoms with Gasteiger partial charge in [-0.1, -0.05) is 17.7 Å². The average Bonchev–Trinajstić information content (AvgIpc) is 3.43. The normalized spacial score (nSPS) is 17.8. The van der Waals surface area contributed by atoms with Crippen LogP contribution in [0.2, 0.25) is 0 Å². The van der Waals surface area contributed by atoms with Crippen molar-refractivity contribution in [3.8, 4) is 5.75 Å². The first-order valence-electron chi connectivity index (χ1n) is 12.2. The summed E-state index contributed by atoms with van der Waals surface area (Å²) >= 11 is 1.74. The third-order valence-corrected chi connectivity index (χ3v) is 7.41. The Balaban J connectivity index is 1.50. The largest absolute Gasteiger partial charge is 0.491 e. The van der Waals surface area contributed by atoms with Crippen molar-refractivity contribution in [1.29, 1.82) is 0 Å². The third kappa shape index (κ3) is 6.12. The number of nitrogens with one attached hydrogen (secondary N) is 1. The second kappa shape index (κ2) is 9.98. The number of thiophene rings is 1. The van der Waals surface area contributed by atoms with Crippen molar-refractivity contribution in [1.82, 2.24) is 15.1 Å². The number of aryl methyl sites for hydroxylation is 2. The Morgan fingerprint density at radius 3 is 2.65 bits per heavy atom. The van der Waals surface area contributed by atoms with Crippen molar-refractivity contribution in [2.24, 2.45) is 5.92 Å². The Labute approximate surface area is 207 Å². The Bertz CT molecular complexity index is 1040. The molecule has 0 saturated heterocycles. The second-order valence-corrected chi connectivity index (χ2v) is 11.7. The smallest absolute Gasteiger partial charge is 0.318 e. The van der Waals surface area contributed by atoms with Crippen molar-refractivity contribution < 1.29 is 14.3 Å². The summed E-state index contributed by atoms with van der Waals surface area (Å²) in [5.74, 6) is 1.34. The lowest BCUT2D eigenvalue weighted by Crippen LogP contribution is -2.53. The SMILES string of the molecule is Cc1ccc(OC[C@@H]2c3ccsc3CCN2C(=O)CN(CC2CC2)C(=O)NC(C)(C)C)c(C)c1. The van der Waals surface area contributed by atoms with Gasteiger partial charge in [-0.3, -0.25) is 4.79 Å². The van der Waals surface area contributed by atoms with Gasteiger partial charge in [0.05, 0.1) is 6.04 Å². The van der Waals surface area contributed by atoms with Gasteiger partial charge in [0.2, 0.25) is 5.91 Å². The number of carbonyl (C=O) groups is 2. The first-order valence-corrected chi connectivity index (χ1v) is 13.1. The Kier molecular flexibility index (Phi) is 7.22. The average molecular weight is 484 g/mol. The summed E-state index contributed by atoms with van der Waals surface area (Å²) in [4.78, 5) is 31.5. The van der Waals surface area contributed by atoms with Crippen LogP contribution in [0.5, 0.6) is 5.75 Å². The molecule has 1 fully saturated rings. The molecule has 1 aliphatic heterocycles. The van der Waals surface area contributed by atoms with E-state index >= 15 is 0 Å². The molecule has 2 heterocycles. The highest BCUT2D eigenvalue weighted by molar-refractivity contribution is 7.10. The summed E-state index contributed by atoms with van der Waals surface area (Å²) in [6, 6.07) is 7.96. The van der Waals surface area contributed by atoms with Crippen molar-refractivity contribution >= 4 is 23.3 Å². The number of fused-ring (bicyclic) bond motifs is 1. The maximum absolute atomic E-state index is 13.6. The van der Waals surface area contributed by atoms with E-state index in [1.807, 2.05) is 44.7 Å². The van der Waals surface area contributed by atoms with Gasteiger partial charge in [0.25, 0.3) is 0 Å². The lowest BCUT2D eigenvalue weighted by atomic mass is 10.00. The van der Waals surface area contributed by atoms with Crippen LogP contribution in [0.25, 0.3) is 0 Å². The molecule has 0 radical (unpaired) electrons. The van der Waals surface area contributed by atoms with E-state index in [1.54, 1.807) is 16.2 Å². The predicted octanol–water partition coefficient (Wildman–Crippen LogP) is 5.09. The summed E-state index contributed by atoms with van der Waals surface area (Å²) in [7, 11) is 0. The number of benzene rings is 1. The first kappa shape index (κ1) is 24.6. The number of ether oxygens (including phenoxy) is 1. The molecule has 1 atom stereocenters. The zero-order valence-electron chi connectivity index (χ0n) is 21.0. The highest BCUT2D eigenvalue weighted by Crippen LogP contribution is 2.35. The summed E-state index contributed by atoms with van der Waals surface area (Å²) in [5, 5.41) is 5.13. The van der Waals surface area contributed by atoms with Crippen LogP contribution in [0.4, 0.5) is 4.79 Å². The highest BCUT2D eigenvalue weighted by Gasteiger charge is 2.35. The number of nitrogens with zero attached hydrogens (tertiary/aromatic N) is 2. The van der Waals surface area contributed by atoms with Crippen LogP contribution in [0, 0.1) is 19.8 Å². The molecule has 2 aromatic rings. The van der Waals surface area contributed by atoms with Gasteiger partial charge in [-0.15, -0.1) is 11.3 Å². The van der Waals surface area contributed by atoms with Crippen LogP contribution in [0.3, 0.4) is 0 Å². The van der Waals surface area contributed by atoms with Gasteiger partial charge in [-0.25, -0.2) is 4.79 Å². The van der Waals surface area contributed by atoms with E-state index in [1.165, 1.54) is 16.0 Å². The molecule has 34 heavy (non-hydrogen) atoms. The second-order valence-electron chi connectivity index (χ2n) is 10.7. The Hall–Kier alpha value is -2.54. The van der Waals surface area contributed by atoms with Crippen molar-refractivity contribution in [2.45, 2.75) is 65.5 Å². The van der Waals surface area contributed by atoms with Gasteiger partial charge in [-0.2, -0.15) is 0 Å². The third-order valence-electron chi connectivity index (χ3n) is 6.41. The van der Waals surface area contributed by atoms with Gasteiger partial charge < -0.3 is 19.9 Å². The van der Waals surface area contributed by atoms with E-state index in [0.717, 1.165) is 30.6 Å². The van der Waals surface area contributed by atoms with Gasteiger partial charge in [0, 0.05) is 23.5 Å². The maximum atomic E-state index is 13.6. The number of amides is 3. The molecule has 6 nitrogen and oxygen atoms in total. The fourth-order valence-corrected chi connectivity index (χ4v) is 5.42. The molecule has 1 saturated carbocycles. The quantitative estimate of drug-likeness (QED) is 0.597. The van der Waals surface area contributed by atoms with Crippen LogP contribution in [0.1, 0.15) is 61.2 Å². The molecule has 3 amide bonds. The van der Waals surface area contributed by atoms with Gasteiger partial charge in [-0.05, 0) is 88.4 Å². The van der Waals surface area contributed by atoms with Crippen molar-refractivity contribution in [2.75, 3.05) is 26.2 Å². The molecule has 0 spiro atoms. The van der Waals surface area contributed by atoms with Crippen LogP contribution in [-0.2, 0) is 11.2 Å². The van der Waals surface area contributed by atoms with E-state index in [9.17, 15) is 9.59 Å². The summed E-state index contributed by atoms with van der Waals surface area (Å²) in [5.41, 5.74) is 3.11. The molecule has 1 aliphatic carbocycles. The van der Waals surface area contributed by atoms with Crippen molar-refractivity contribution in [3.05, 3.63) is 51.2 Å². The molecule has 0 bridgehead atoms. The van der Waals surface area contributed by atoms with Crippen LogP contribution >= 0.6 is 11.3 Å². The first-order chi connectivity index (χ1) is 16.1. The minimum atomic E-state index is -0.346. The molecule has 2 aliphatic rings. The molecule has 1 N–H and O–H groups in total. The zero-order valence-corrected chi connectivity index (χ0v) is 21.8. The predicted molar refractivity (Wildman–Crippen MR) is 136 cm³/mol. The van der Waals surface area contributed by atoms with Gasteiger partial charge in [0.15, 0.2) is 0 Å². The van der Waals surface area contributed by atoms with E-state index in [4.69, 9.17) is 4.74 Å². The van der Waals surface area contributed by atoms with Crippen molar-refractivity contribution in [3.63, 3.8) is 0 Å². The maximum Gasteiger partial charge on any atom is 0.318 e. The molecule has 0 unspecified atom stereocenters. The van der Waals surface area contributed by atoms with E-state index < -0.39 is 0 Å². The van der Waals surface area contributed by atoms with Crippen LogP contribution < -0.4 is 10.1 Å². The summed E-state index contributed by atoms with van der Waals surface area (Å²) in [6.07, 6.45) is 3.10. The van der Waals surface area contributed by atoms with E-state index in [0.29, 0.717) is 25.6 Å². The van der Waals surface area contributed by atoms with Gasteiger partial charge in [0.1, 0.15) is 18.9 Å². The monoisotopic (exact) mass is 483 g/mol. The highest BCUT2D eigenvalue weighted by atomic mass is 32.1. The number of urea groups is 1. The Morgan fingerprint density at radius 2 is 1.97 bits per heavy atom. The lowest BCUT2D eigenvalue weighted by molar-refractivity contribution is -0.135. The molecule has 1 aromatic heterocycles. The molecule has 1 aromatic carbocycles. The number of carbonyl (C=O) groups excluding carboxylic acids is 2. The Morgan fingerprint density at radius 1 is 1.21 bits per heavy atom. The van der Waals surface area contributed by atoms with Gasteiger partial charge >= 0.3 is 6.03 Å². The zero-order chi connectivity index (χ0) is 24.5. The van der Waals surface area contributed by atoms with E-state index in [2.05, 4.69) is 29.8 Å². The van der Waals surface area contributed by atoms with Crippen LogP contribution in [0.15, 0.2) is 29.6 Å². The summed E-state index contributed by atoms with van der Waals surface area (Å²) < 4.78 is 6.25. The minimum absolute atomic E-state index is 0.0178. The van der Waals surface area contributed by atoms with Crippen LogP contribution in [-0.4, -0.2) is 53.5 Å². The fraction of sp³-hybridized carbons (Fsp3) is 0.556. The topological polar surface area (TPSA) is 61.9 Å². The lowest BCUT2D eigenvalue weighted by Gasteiger charge is -2.37. The minimum Gasteiger partial charge on any atom is -0.491 e. The van der Waals surface area contributed by atoms with E-state index in [-0.39, 0.29) is 30.1 Å². The molecule has 184 valence electrons.